The van der Waals surface area contributed by atoms with Gasteiger partial charge in [0.1, 0.15) is 5.75 Å². The maximum Gasteiger partial charge on any atom is 0.124 e. The van der Waals surface area contributed by atoms with E-state index >= 15 is 0 Å². The quantitative estimate of drug-likeness (QED) is 0.711. The molecule has 96 valence electrons. The number of halogens is 2. The van der Waals surface area contributed by atoms with Gasteiger partial charge in [-0.1, -0.05) is 15.9 Å². The third kappa shape index (κ3) is 3.26. The van der Waals surface area contributed by atoms with Gasteiger partial charge >= 0.3 is 0 Å². The van der Waals surface area contributed by atoms with Gasteiger partial charge in [0.2, 0.25) is 0 Å². The molecule has 2 rings (SSSR count). The molecule has 1 unspecified atom stereocenters. The summed E-state index contributed by atoms with van der Waals surface area (Å²) >= 11 is 7.50. The smallest absolute Gasteiger partial charge is 0.124 e. The van der Waals surface area contributed by atoms with Crippen LogP contribution in [0.15, 0.2) is 34.1 Å². The first-order valence-corrected chi connectivity index (χ1v) is 8.28. The van der Waals surface area contributed by atoms with Crippen LogP contribution in [0, 0.1) is 2.88 Å². The molecule has 18 heavy (non-hydrogen) atoms. The van der Waals surface area contributed by atoms with Gasteiger partial charge in [-0.05, 0) is 64.7 Å². The predicted molar refractivity (Wildman–Crippen MR) is 88.4 cm³/mol. The maximum atomic E-state index is 6.33. The van der Waals surface area contributed by atoms with Gasteiger partial charge in [-0.25, -0.2) is 0 Å². The molecule has 0 aliphatic carbocycles. The lowest BCUT2D eigenvalue weighted by atomic mass is 10.0. The number of hydrogen-bond donors (Lipinski definition) is 1. The first kappa shape index (κ1) is 14.3. The molecular formula is C13H13BrINOS. The molecule has 1 atom stereocenters. The van der Waals surface area contributed by atoms with Crippen LogP contribution in [-0.2, 0) is 0 Å². The van der Waals surface area contributed by atoms with Gasteiger partial charge in [0.25, 0.3) is 0 Å². The SMILES string of the molecule is CCOc1ccc(Br)cc1C(N)c1csc(I)c1. The van der Waals surface area contributed by atoms with Crippen LogP contribution in [0.1, 0.15) is 24.1 Å². The highest BCUT2D eigenvalue weighted by molar-refractivity contribution is 14.1. The molecule has 2 aromatic rings. The molecule has 0 saturated heterocycles. The average molecular weight is 438 g/mol. The summed E-state index contributed by atoms with van der Waals surface area (Å²) in [4.78, 5) is 0. The van der Waals surface area contributed by atoms with Crippen molar-refractivity contribution >= 4 is 49.9 Å². The Hall–Kier alpha value is -0.110. The molecule has 0 aliphatic heterocycles. The molecule has 1 aromatic carbocycles. The van der Waals surface area contributed by atoms with E-state index in [2.05, 4.69) is 50.0 Å². The number of benzene rings is 1. The summed E-state index contributed by atoms with van der Waals surface area (Å²) in [5.41, 5.74) is 8.47. The third-order valence-electron chi connectivity index (χ3n) is 2.55. The first-order valence-electron chi connectivity index (χ1n) is 5.53. The molecule has 0 fully saturated rings. The topological polar surface area (TPSA) is 35.2 Å². The highest BCUT2D eigenvalue weighted by atomic mass is 127. The van der Waals surface area contributed by atoms with Crippen LogP contribution in [0.3, 0.4) is 0 Å². The van der Waals surface area contributed by atoms with Crippen molar-refractivity contribution in [2.75, 3.05) is 6.61 Å². The molecule has 0 saturated carbocycles. The third-order valence-corrected chi connectivity index (χ3v) is 4.85. The predicted octanol–water partition coefficient (Wildman–Crippen LogP) is 4.56. The minimum absolute atomic E-state index is 0.149. The number of rotatable bonds is 4. The standard InChI is InChI=1S/C13H13BrINOS/c1-2-17-11-4-3-9(14)6-10(11)13(16)8-5-12(15)18-7-8/h3-7,13H,2,16H2,1H3. The average Bonchev–Trinajstić information content (AvgIpc) is 2.77. The monoisotopic (exact) mass is 437 g/mol. The Kier molecular flexibility index (Phi) is 5.06. The summed E-state index contributed by atoms with van der Waals surface area (Å²) in [5, 5.41) is 2.10. The van der Waals surface area contributed by atoms with Crippen molar-refractivity contribution in [1.29, 1.82) is 0 Å². The fourth-order valence-electron chi connectivity index (χ4n) is 1.72. The molecule has 0 bridgehead atoms. The van der Waals surface area contributed by atoms with Gasteiger partial charge in [0, 0.05) is 10.0 Å². The zero-order valence-corrected chi connectivity index (χ0v) is 14.4. The molecule has 1 heterocycles. The number of ether oxygens (including phenoxy) is 1. The van der Waals surface area contributed by atoms with Gasteiger partial charge in [-0.2, -0.15) is 0 Å². The van der Waals surface area contributed by atoms with Crippen molar-refractivity contribution in [2.24, 2.45) is 5.73 Å². The second-order valence-corrected chi connectivity index (χ2v) is 7.50. The fourth-order valence-corrected chi connectivity index (χ4v) is 3.50. The van der Waals surface area contributed by atoms with Crippen LogP contribution >= 0.6 is 49.9 Å². The summed E-state index contributed by atoms with van der Waals surface area (Å²) in [5.74, 6) is 0.856. The van der Waals surface area contributed by atoms with E-state index in [-0.39, 0.29) is 6.04 Å². The minimum Gasteiger partial charge on any atom is -0.494 e. The molecule has 1 aromatic heterocycles. The van der Waals surface area contributed by atoms with E-state index in [1.54, 1.807) is 11.3 Å². The Balaban J connectivity index is 2.39. The lowest BCUT2D eigenvalue weighted by molar-refractivity contribution is 0.335. The Labute approximate surface area is 133 Å². The summed E-state index contributed by atoms with van der Waals surface area (Å²) in [7, 11) is 0. The molecule has 0 spiro atoms. The Morgan fingerprint density at radius 1 is 1.44 bits per heavy atom. The van der Waals surface area contributed by atoms with Crippen molar-refractivity contribution in [1.82, 2.24) is 0 Å². The molecule has 0 aliphatic rings. The molecular weight excluding hydrogens is 425 g/mol. The zero-order valence-electron chi connectivity index (χ0n) is 9.82. The summed E-state index contributed by atoms with van der Waals surface area (Å²) in [6.45, 7) is 2.62. The normalized spacial score (nSPS) is 12.4. The zero-order chi connectivity index (χ0) is 13.1. The molecule has 2 N–H and O–H groups in total. The van der Waals surface area contributed by atoms with Crippen LogP contribution < -0.4 is 10.5 Å². The van der Waals surface area contributed by atoms with Crippen molar-refractivity contribution in [3.05, 3.63) is 48.1 Å². The van der Waals surface area contributed by atoms with E-state index in [1.807, 2.05) is 25.1 Å². The molecule has 0 radical (unpaired) electrons. The Morgan fingerprint density at radius 2 is 2.22 bits per heavy atom. The van der Waals surface area contributed by atoms with Gasteiger partial charge in [0.15, 0.2) is 0 Å². The van der Waals surface area contributed by atoms with E-state index in [9.17, 15) is 0 Å². The van der Waals surface area contributed by atoms with E-state index in [0.29, 0.717) is 6.61 Å². The first-order chi connectivity index (χ1) is 8.61. The second-order valence-electron chi connectivity index (χ2n) is 3.78. The molecule has 2 nitrogen and oxygen atoms in total. The van der Waals surface area contributed by atoms with Crippen LogP contribution in [0.25, 0.3) is 0 Å². The maximum absolute atomic E-state index is 6.33. The van der Waals surface area contributed by atoms with E-state index < -0.39 is 0 Å². The van der Waals surface area contributed by atoms with Crippen molar-refractivity contribution in [3.8, 4) is 5.75 Å². The summed E-state index contributed by atoms with van der Waals surface area (Å²) in [6, 6.07) is 7.93. The lowest BCUT2D eigenvalue weighted by Gasteiger charge is -2.16. The van der Waals surface area contributed by atoms with Gasteiger partial charge in [0.05, 0.1) is 15.5 Å². The van der Waals surface area contributed by atoms with Gasteiger partial charge in [-0.15, -0.1) is 11.3 Å². The van der Waals surface area contributed by atoms with Crippen LogP contribution in [0.5, 0.6) is 5.75 Å². The van der Waals surface area contributed by atoms with Crippen molar-refractivity contribution in [2.45, 2.75) is 13.0 Å². The highest BCUT2D eigenvalue weighted by Crippen LogP contribution is 2.33. The van der Waals surface area contributed by atoms with Gasteiger partial charge < -0.3 is 10.5 Å². The number of hydrogen-bond acceptors (Lipinski definition) is 3. The van der Waals surface area contributed by atoms with Crippen LogP contribution in [0.2, 0.25) is 0 Å². The van der Waals surface area contributed by atoms with Crippen molar-refractivity contribution in [3.63, 3.8) is 0 Å². The number of nitrogens with two attached hydrogens (primary N) is 1. The number of thiophene rings is 1. The summed E-state index contributed by atoms with van der Waals surface area (Å²) in [6.07, 6.45) is 0. The van der Waals surface area contributed by atoms with E-state index in [1.165, 1.54) is 2.88 Å². The van der Waals surface area contributed by atoms with Crippen molar-refractivity contribution < 1.29 is 4.74 Å². The Morgan fingerprint density at radius 3 is 2.83 bits per heavy atom. The van der Waals surface area contributed by atoms with Gasteiger partial charge in [-0.3, -0.25) is 0 Å². The van der Waals surface area contributed by atoms with Crippen LogP contribution in [-0.4, -0.2) is 6.61 Å². The fraction of sp³-hybridized carbons (Fsp3) is 0.231. The summed E-state index contributed by atoms with van der Waals surface area (Å²) < 4.78 is 7.90. The molecule has 0 amide bonds. The van der Waals surface area contributed by atoms with E-state index in [4.69, 9.17) is 10.5 Å². The minimum atomic E-state index is -0.149. The Bertz CT molecular complexity index is 544. The lowest BCUT2D eigenvalue weighted by Crippen LogP contribution is -2.12. The second kappa shape index (κ2) is 6.36. The molecule has 5 heteroatoms. The largest absolute Gasteiger partial charge is 0.494 e. The highest BCUT2D eigenvalue weighted by Gasteiger charge is 2.16. The van der Waals surface area contributed by atoms with E-state index in [0.717, 1.165) is 21.3 Å². The van der Waals surface area contributed by atoms with Crippen LogP contribution in [0.4, 0.5) is 0 Å².